The molecule has 22 heavy (non-hydrogen) atoms. The minimum atomic E-state index is -0.155. The summed E-state index contributed by atoms with van der Waals surface area (Å²) in [5, 5.41) is 3.05. The molecule has 1 N–H and O–H groups in total. The third kappa shape index (κ3) is 2.64. The molecule has 0 radical (unpaired) electrons. The zero-order chi connectivity index (χ0) is 15.7. The SMILES string of the molecule is CC(C)[C@H](NC(=O)c1ccc2c(c1)OCO2)c1nccn1C. The van der Waals surface area contributed by atoms with Gasteiger partial charge < -0.3 is 19.4 Å². The molecule has 2 aromatic rings. The van der Waals surface area contributed by atoms with Crippen LogP contribution in [-0.4, -0.2) is 22.3 Å². The summed E-state index contributed by atoms with van der Waals surface area (Å²) in [6, 6.07) is 5.03. The highest BCUT2D eigenvalue weighted by atomic mass is 16.7. The van der Waals surface area contributed by atoms with Gasteiger partial charge in [0, 0.05) is 25.0 Å². The van der Waals surface area contributed by atoms with E-state index in [1.165, 1.54) is 0 Å². The fourth-order valence-corrected chi connectivity index (χ4v) is 2.47. The van der Waals surface area contributed by atoms with E-state index >= 15 is 0 Å². The average Bonchev–Trinajstić information content (AvgIpc) is 3.12. The molecule has 0 saturated heterocycles. The molecular weight excluding hydrogens is 282 g/mol. The molecule has 0 fully saturated rings. The highest BCUT2D eigenvalue weighted by Gasteiger charge is 2.23. The van der Waals surface area contributed by atoms with Gasteiger partial charge in [-0.2, -0.15) is 0 Å². The third-order valence-corrected chi connectivity index (χ3v) is 3.72. The number of nitrogens with one attached hydrogen (secondary N) is 1. The second-order valence-electron chi connectivity index (χ2n) is 5.66. The van der Waals surface area contributed by atoms with Crippen LogP contribution in [0.25, 0.3) is 0 Å². The summed E-state index contributed by atoms with van der Waals surface area (Å²) >= 11 is 0. The largest absolute Gasteiger partial charge is 0.454 e. The lowest BCUT2D eigenvalue weighted by molar-refractivity contribution is 0.0922. The second-order valence-corrected chi connectivity index (χ2v) is 5.66. The molecule has 0 spiro atoms. The van der Waals surface area contributed by atoms with Crippen LogP contribution in [0.1, 0.15) is 36.1 Å². The third-order valence-electron chi connectivity index (χ3n) is 3.72. The molecule has 1 amide bonds. The number of aryl methyl sites for hydroxylation is 1. The van der Waals surface area contributed by atoms with E-state index in [0.717, 1.165) is 5.82 Å². The molecule has 2 heterocycles. The number of carbonyl (C=O) groups excluding carboxylic acids is 1. The first-order chi connectivity index (χ1) is 10.6. The number of fused-ring (bicyclic) bond motifs is 1. The minimum Gasteiger partial charge on any atom is -0.454 e. The molecule has 116 valence electrons. The maximum Gasteiger partial charge on any atom is 0.252 e. The zero-order valence-electron chi connectivity index (χ0n) is 12.9. The fraction of sp³-hybridized carbons (Fsp3) is 0.375. The first-order valence-electron chi connectivity index (χ1n) is 7.24. The van der Waals surface area contributed by atoms with Crippen molar-refractivity contribution in [3.8, 4) is 11.5 Å². The lowest BCUT2D eigenvalue weighted by Gasteiger charge is -2.22. The maximum atomic E-state index is 12.5. The number of carbonyl (C=O) groups is 1. The monoisotopic (exact) mass is 301 g/mol. The van der Waals surface area contributed by atoms with Gasteiger partial charge in [0.1, 0.15) is 5.82 Å². The van der Waals surface area contributed by atoms with Gasteiger partial charge in [-0.1, -0.05) is 13.8 Å². The van der Waals surface area contributed by atoms with Crippen LogP contribution in [0.4, 0.5) is 0 Å². The summed E-state index contributed by atoms with van der Waals surface area (Å²) in [6.45, 7) is 4.31. The van der Waals surface area contributed by atoms with Crippen LogP contribution >= 0.6 is 0 Å². The summed E-state index contributed by atoms with van der Waals surface area (Å²) in [5.41, 5.74) is 0.545. The standard InChI is InChI=1S/C16H19N3O3/c1-10(2)14(15-17-6-7-19(15)3)18-16(20)11-4-5-12-13(8-11)22-9-21-12/h4-8,10,14H,9H2,1-3H3,(H,18,20)/t14-/m0/s1. The summed E-state index contributed by atoms with van der Waals surface area (Å²) < 4.78 is 12.5. The first kappa shape index (κ1) is 14.4. The number of rotatable bonds is 4. The number of amides is 1. The normalized spacial score (nSPS) is 14.2. The van der Waals surface area contributed by atoms with Crippen LogP contribution in [0.15, 0.2) is 30.6 Å². The highest BCUT2D eigenvalue weighted by molar-refractivity contribution is 5.95. The molecule has 1 aliphatic rings. The Morgan fingerprint density at radius 1 is 1.32 bits per heavy atom. The Bertz CT molecular complexity index is 694. The summed E-state index contributed by atoms with van der Waals surface area (Å²) in [4.78, 5) is 16.9. The van der Waals surface area contributed by atoms with Crippen molar-refractivity contribution >= 4 is 5.91 Å². The average molecular weight is 301 g/mol. The van der Waals surface area contributed by atoms with Gasteiger partial charge in [-0.3, -0.25) is 4.79 Å². The Hall–Kier alpha value is -2.50. The van der Waals surface area contributed by atoms with Gasteiger partial charge in [0.25, 0.3) is 5.91 Å². The maximum absolute atomic E-state index is 12.5. The Morgan fingerprint density at radius 3 is 2.77 bits per heavy atom. The van der Waals surface area contributed by atoms with Crippen molar-refractivity contribution < 1.29 is 14.3 Å². The Balaban J connectivity index is 1.81. The molecule has 1 aromatic carbocycles. The molecule has 1 aliphatic heterocycles. The lowest BCUT2D eigenvalue weighted by Crippen LogP contribution is -2.33. The first-order valence-corrected chi connectivity index (χ1v) is 7.24. The van der Waals surface area contributed by atoms with E-state index in [1.807, 2.05) is 17.8 Å². The molecule has 1 atom stereocenters. The zero-order valence-corrected chi connectivity index (χ0v) is 12.9. The predicted molar refractivity (Wildman–Crippen MR) is 80.8 cm³/mol. The van der Waals surface area contributed by atoms with Crippen molar-refractivity contribution in [2.75, 3.05) is 6.79 Å². The van der Waals surface area contributed by atoms with Crippen LogP contribution < -0.4 is 14.8 Å². The molecule has 3 rings (SSSR count). The number of hydrogen-bond acceptors (Lipinski definition) is 4. The molecule has 0 saturated carbocycles. The predicted octanol–water partition coefficient (Wildman–Crippen LogP) is 2.28. The molecule has 6 nitrogen and oxygen atoms in total. The van der Waals surface area contributed by atoms with E-state index in [1.54, 1.807) is 24.4 Å². The van der Waals surface area contributed by atoms with Gasteiger partial charge in [-0.05, 0) is 24.1 Å². The van der Waals surface area contributed by atoms with E-state index in [9.17, 15) is 4.79 Å². The van der Waals surface area contributed by atoms with Crippen molar-refractivity contribution in [2.24, 2.45) is 13.0 Å². The Kier molecular flexibility index (Phi) is 3.75. The smallest absolute Gasteiger partial charge is 0.252 e. The van der Waals surface area contributed by atoms with Crippen LogP contribution in [0.5, 0.6) is 11.5 Å². The van der Waals surface area contributed by atoms with Crippen LogP contribution in [0, 0.1) is 5.92 Å². The number of imidazole rings is 1. The van der Waals surface area contributed by atoms with E-state index in [4.69, 9.17) is 9.47 Å². The molecule has 0 bridgehead atoms. The van der Waals surface area contributed by atoms with Crippen molar-refractivity contribution in [2.45, 2.75) is 19.9 Å². The van der Waals surface area contributed by atoms with Gasteiger partial charge in [0.2, 0.25) is 6.79 Å². The van der Waals surface area contributed by atoms with Crippen LogP contribution in [0.3, 0.4) is 0 Å². The quantitative estimate of drug-likeness (QED) is 0.941. The number of aromatic nitrogens is 2. The molecule has 0 unspecified atom stereocenters. The number of ether oxygens (including phenoxy) is 2. The van der Waals surface area contributed by atoms with Crippen molar-refractivity contribution in [1.82, 2.24) is 14.9 Å². The van der Waals surface area contributed by atoms with E-state index in [-0.39, 0.29) is 24.7 Å². The molecule has 0 aliphatic carbocycles. The minimum absolute atomic E-state index is 0.153. The lowest BCUT2D eigenvalue weighted by atomic mass is 10.0. The van der Waals surface area contributed by atoms with Crippen LogP contribution in [0.2, 0.25) is 0 Å². The van der Waals surface area contributed by atoms with E-state index < -0.39 is 0 Å². The summed E-state index contributed by atoms with van der Waals surface area (Å²) in [6.07, 6.45) is 3.61. The van der Waals surface area contributed by atoms with Crippen molar-refractivity contribution in [1.29, 1.82) is 0 Å². The van der Waals surface area contributed by atoms with Gasteiger partial charge in [-0.15, -0.1) is 0 Å². The number of nitrogens with zero attached hydrogens (tertiary/aromatic N) is 2. The number of benzene rings is 1. The number of hydrogen-bond donors (Lipinski definition) is 1. The van der Waals surface area contributed by atoms with Crippen LogP contribution in [-0.2, 0) is 7.05 Å². The van der Waals surface area contributed by atoms with Crippen molar-refractivity contribution in [3.05, 3.63) is 42.0 Å². The Labute approximate surface area is 129 Å². The Morgan fingerprint density at radius 2 is 2.09 bits per heavy atom. The van der Waals surface area contributed by atoms with E-state index in [2.05, 4.69) is 24.1 Å². The highest BCUT2D eigenvalue weighted by Crippen LogP contribution is 2.32. The summed E-state index contributed by atoms with van der Waals surface area (Å²) in [5.74, 6) is 2.18. The molecular formula is C16H19N3O3. The molecule has 1 aromatic heterocycles. The topological polar surface area (TPSA) is 65.4 Å². The summed E-state index contributed by atoms with van der Waals surface area (Å²) in [7, 11) is 1.92. The second kappa shape index (κ2) is 5.71. The van der Waals surface area contributed by atoms with Crippen molar-refractivity contribution in [3.63, 3.8) is 0 Å². The fourth-order valence-electron chi connectivity index (χ4n) is 2.47. The van der Waals surface area contributed by atoms with E-state index in [0.29, 0.717) is 17.1 Å². The van der Waals surface area contributed by atoms with Gasteiger partial charge in [0.05, 0.1) is 6.04 Å². The molecule has 6 heteroatoms. The van der Waals surface area contributed by atoms with Gasteiger partial charge in [0.15, 0.2) is 11.5 Å². The van der Waals surface area contributed by atoms with Gasteiger partial charge >= 0.3 is 0 Å². The van der Waals surface area contributed by atoms with Gasteiger partial charge in [-0.25, -0.2) is 4.98 Å².